The van der Waals surface area contributed by atoms with E-state index in [1.165, 1.54) is 5.39 Å². The molecule has 0 saturated carbocycles. The fourth-order valence-corrected chi connectivity index (χ4v) is 2.89. The minimum absolute atomic E-state index is 0.157. The van der Waals surface area contributed by atoms with Gasteiger partial charge in [-0.1, -0.05) is 41.9 Å². The summed E-state index contributed by atoms with van der Waals surface area (Å²) >= 11 is 5.85. The van der Waals surface area contributed by atoms with Gasteiger partial charge in [0, 0.05) is 32.9 Å². The van der Waals surface area contributed by atoms with Crippen molar-refractivity contribution in [2.24, 2.45) is 0 Å². The number of carbonyl (C=O) groups is 1. The maximum atomic E-state index is 12.2. The van der Waals surface area contributed by atoms with Gasteiger partial charge in [-0.05, 0) is 54.1 Å². The summed E-state index contributed by atoms with van der Waals surface area (Å²) in [4.78, 5) is 15.6. The van der Waals surface area contributed by atoms with Gasteiger partial charge in [-0.15, -0.1) is 0 Å². The second-order valence-corrected chi connectivity index (χ2v) is 6.25. The molecule has 0 bridgehead atoms. The van der Waals surface area contributed by atoms with Crippen LogP contribution in [0.15, 0.2) is 78.9 Å². The van der Waals surface area contributed by atoms with Crippen molar-refractivity contribution in [1.29, 1.82) is 0 Å². The van der Waals surface area contributed by atoms with Crippen molar-refractivity contribution in [2.45, 2.75) is 0 Å². The summed E-state index contributed by atoms with van der Waals surface area (Å²) < 4.78 is 0. The van der Waals surface area contributed by atoms with Crippen LogP contribution in [0, 0.1) is 0 Å². The summed E-state index contributed by atoms with van der Waals surface area (Å²) in [5.41, 5.74) is 4.55. The molecule has 2 N–H and O–H groups in total. The van der Waals surface area contributed by atoms with Crippen LogP contribution in [-0.2, 0) is 0 Å². The van der Waals surface area contributed by atoms with E-state index in [-0.39, 0.29) is 5.91 Å². The Balaban J connectivity index is 1.53. The molecule has 1 amide bonds. The van der Waals surface area contributed by atoms with Gasteiger partial charge < -0.3 is 10.3 Å². The molecular formula is C21H15ClN2O. The Bertz CT molecular complexity index is 1000. The molecule has 0 unspecified atom stereocenters. The van der Waals surface area contributed by atoms with E-state index in [4.69, 9.17) is 11.6 Å². The Morgan fingerprint density at radius 2 is 1.60 bits per heavy atom. The molecular weight excluding hydrogens is 332 g/mol. The average Bonchev–Trinajstić information content (AvgIpc) is 3.07. The van der Waals surface area contributed by atoms with E-state index in [2.05, 4.69) is 28.5 Å². The lowest BCUT2D eigenvalue weighted by Crippen LogP contribution is -2.11. The molecule has 0 aliphatic carbocycles. The normalized spacial score (nSPS) is 10.8. The lowest BCUT2D eigenvalue weighted by Gasteiger charge is -2.06. The number of halogens is 1. The van der Waals surface area contributed by atoms with E-state index in [0.717, 1.165) is 22.5 Å². The standard InChI is InChI=1S/C21H15ClN2O/c22-17-9-5-15(6-10-17)21(25)23-18-11-7-14(8-12-18)20-13-16-3-1-2-4-19(16)24-20/h1-13,24H,(H,23,25). The third-order valence-corrected chi connectivity index (χ3v) is 4.34. The number of carbonyl (C=O) groups excluding carboxylic acids is 1. The number of benzene rings is 3. The summed E-state index contributed by atoms with van der Waals surface area (Å²) in [5, 5.41) is 4.68. The number of amides is 1. The van der Waals surface area contributed by atoms with Crippen LogP contribution in [0.3, 0.4) is 0 Å². The molecule has 1 aromatic heterocycles. The second kappa shape index (κ2) is 6.46. The highest BCUT2D eigenvalue weighted by atomic mass is 35.5. The van der Waals surface area contributed by atoms with Gasteiger partial charge in [0.15, 0.2) is 0 Å². The summed E-state index contributed by atoms with van der Waals surface area (Å²) in [6, 6.07) is 24.9. The maximum absolute atomic E-state index is 12.2. The zero-order valence-corrected chi connectivity index (χ0v) is 14.0. The number of nitrogens with one attached hydrogen (secondary N) is 2. The monoisotopic (exact) mass is 346 g/mol. The summed E-state index contributed by atoms with van der Waals surface area (Å²) in [5.74, 6) is -0.157. The van der Waals surface area contributed by atoms with Crippen LogP contribution in [0.4, 0.5) is 5.69 Å². The summed E-state index contributed by atoms with van der Waals surface area (Å²) in [6.07, 6.45) is 0. The smallest absolute Gasteiger partial charge is 0.255 e. The zero-order chi connectivity index (χ0) is 17.2. The molecule has 0 aliphatic heterocycles. The van der Waals surface area contributed by atoms with E-state index in [1.807, 2.05) is 36.4 Å². The first-order valence-corrected chi connectivity index (χ1v) is 8.32. The van der Waals surface area contributed by atoms with Crippen LogP contribution in [0.1, 0.15) is 10.4 Å². The van der Waals surface area contributed by atoms with Gasteiger partial charge in [-0.3, -0.25) is 4.79 Å². The van der Waals surface area contributed by atoms with Crippen LogP contribution in [-0.4, -0.2) is 10.9 Å². The van der Waals surface area contributed by atoms with E-state index in [1.54, 1.807) is 24.3 Å². The zero-order valence-electron chi connectivity index (χ0n) is 13.3. The Labute approximate surface area is 150 Å². The quantitative estimate of drug-likeness (QED) is 0.488. The fourth-order valence-electron chi connectivity index (χ4n) is 2.77. The number of rotatable bonds is 3. The van der Waals surface area contributed by atoms with Gasteiger partial charge in [0.1, 0.15) is 0 Å². The third-order valence-electron chi connectivity index (χ3n) is 4.09. The van der Waals surface area contributed by atoms with Crippen molar-refractivity contribution in [3.05, 3.63) is 89.4 Å². The molecule has 1 heterocycles. The number of para-hydroxylation sites is 1. The van der Waals surface area contributed by atoms with Crippen molar-refractivity contribution in [3.8, 4) is 11.3 Å². The SMILES string of the molecule is O=C(Nc1ccc(-c2cc3ccccc3[nH]2)cc1)c1ccc(Cl)cc1. The van der Waals surface area contributed by atoms with E-state index < -0.39 is 0 Å². The first kappa shape index (κ1) is 15.5. The summed E-state index contributed by atoms with van der Waals surface area (Å²) in [6.45, 7) is 0. The van der Waals surface area contributed by atoms with Crippen molar-refractivity contribution < 1.29 is 4.79 Å². The van der Waals surface area contributed by atoms with E-state index >= 15 is 0 Å². The van der Waals surface area contributed by atoms with Crippen LogP contribution >= 0.6 is 11.6 Å². The van der Waals surface area contributed by atoms with E-state index in [0.29, 0.717) is 10.6 Å². The number of aromatic nitrogens is 1. The Morgan fingerprint density at radius 1 is 0.880 bits per heavy atom. The largest absolute Gasteiger partial charge is 0.355 e. The molecule has 25 heavy (non-hydrogen) atoms. The van der Waals surface area contributed by atoms with Crippen molar-refractivity contribution in [3.63, 3.8) is 0 Å². The van der Waals surface area contributed by atoms with Crippen LogP contribution < -0.4 is 5.32 Å². The highest BCUT2D eigenvalue weighted by Gasteiger charge is 2.07. The first-order chi connectivity index (χ1) is 12.2. The van der Waals surface area contributed by atoms with Crippen LogP contribution in [0.25, 0.3) is 22.2 Å². The molecule has 0 saturated heterocycles. The molecule has 0 radical (unpaired) electrons. The molecule has 4 aromatic rings. The second-order valence-electron chi connectivity index (χ2n) is 5.81. The first-order valence-electron chi connectivity index (χ1n) is 7.94. The Kier molecular flexibility index (Phi) is 4.00. The molecule has 4 heteroatoms. The number of hydrogen-bond acceptors (Lipinski definition) is 1. The van der Waals surface area contributed by atoms with Crippen molar-refractivity contribution in [2.75, 3.05) is 5.32 Å². The number of anilines is 1. The highest BCUT2D eigenvalue weighted by molar-refractivity contribution is 6.30. The van der Waals surface area contributed by atoms with Crippen LogP contribution in [0.2, 0.25) is 5.02 Å². The molecule has 4 rings (SSSR count). The van der Waals surface area contributed by atoms with Crippen molar-refractivity contribution in [1.82, 2.24) is 4.98 Å². The van der Waals surface area contributed by atoms with E-state index in [9.17, 15) is 4.79 Å². The third kappa shape index (κ3) is 3.28. The lowest BCUT2D eigenvalue weighted by atomic mass is 10.1. The van der Waals surface area contributed by atoms with Gasteiger partial charge >= 0.3 is 0 Å². The number of fused-ring (bicyclic) bond motifs is 1. The molecule has 122 valence electrons. The Morgan fingerprint density at radius 3 is 2.32 bits per heavy atom. The van der Waals surface area contributed by atoms with Gasteiger partial charge in [0.05, 0.1) is 0 Å². The summed E-state index contributed by atoms with van der Waals surface area (Å²) in [7, 11) is 0. The van der Waals surface area contributed by atoms with Gasteiger partial charge in [0.2, 0.25) is 0 Å². The lowest BCUT2D eigenvalue weighted by molar-refractivity contribution is 0.102. The molecule has 3 aromatic carbocycles. The minimum Gasteiger partial charge on any atom is -0.355 e. The van der Waals surface area contributed by atoms with Crippen LogP contribution in [0.5, 0.6) is 0 Å². The predicted octanol–water partition coefficient (Wildman–Crippen LogP) is 5.74. The fraction of sp³-hybridized carbons (Fsp3) is 0. The van der Waals surface area contributed by atoms with Gasteiger partial charge in [-0.2, -0.15) is 0 Å². The topological polar surface area (TPSA) is 44.9 Å². The molecule has 0 spiro atoms. The van der Waals surface area contributed by atoms with Gasteiger partial charge in [-0.25, -0.2) is 0 Å². The number of aromatic amines is 1. The maximum Gasteiger partial charge on any atom is 0.255 e. The highest BCUT2D eigenvalue weighted by Crippen LogP contribution is 2.25. The average molecular weight is 347 g/mol. The molecule has 0 atom stereocenters. The van der Waals surface area contributed by atoms with Crippen molar-refractivity contribution >= 4 is 34.1 Å². The number of hydrogen-bond donors (Lipinski definition) is 2. The molecule has 0 fully saturated rings. The molecule has 0 aliphatic rings. The molecule has 3 nitrogen and oxygen atoms in total. The minimum atomic E-state index is -0.157. The van der Waals surface area contributed by atoms with Gasteiger partial charge in [0.25, 0.3) is 5.91 Å². The predicted molar refractivity (Wildman–Crippen MR) is 103 cm³/mol. The number of H-pyrrole nitrogens is 1. The Hall–Kier alpha value is -3.04.